The average Bonchev–Trinajstić information content (AvgIpc) is 3.48. The first kappa shape index (κ1) is 24.5. The van der Waals surface area contributed by atoms with Gasteiger partial charge in [0.2, 0.25) is 5.91 Å². The molecule has 1 atom stereocenters. The molecule has 0 saturated carbocycles. The van der Waals surface area contributed by atoms with Crippen molar-refractivity contribution in [2.75, 3.05) is 39.5 Å². The molecule has 5 rings (SSSR count). The van der Waals surface area contributed by atoms with Crippen molar-refractivity contribution >= 4 is 22.9 Å². The molecule has 10 heteroatoms. The van der Waals surface area contributed by atoms with Crippen LogP contribution in [0.4, 0.5) is 5.82 Å². The van der Waals surface area contributed by atoms with E-state index in [0.717, 1.165) is 18.7 Å². The summed E-state index contributed by atoms with van der Waals surface area (Å²) in [5, 5.41) is 0. The minimum Gasteiger partial charge on any atom is -0.457 e. The third-order valence-electron chi connectivity index (χ3n) is 6.63. The largest absolute Gasteiger partial charge is 0.457 e. The minimum absolute atomic E-state index is 0.115. The Morgan fingerprint density at radius 1 is 1.08 bits per heavy atom. The maximum Gasteiger partial charge on any atom is 0.335 e. The van der Waals surface area contributed by atoms with Crippen LogP contribution in [-0.4, -0.2) is 68.5 Å². The Morgan fingerprint density at radius 2 is 1.81 bits per heavy atom. The molecule has 0 bridgehead atoms. The van der Waals surface area contributed by atoms with Crippen molar-refractivity contribution in [1.29, 1.82) is 0 Å². The number of nitrogens with two attached hydrogens (primary N) is 1. The number of rotatable bonds is 8. The van der Waals surface area contributed by atoms with Crippen molar-refractivity contribution in [3.8, 4) is 17.2 Å². The monoisotopic (exact) mass is 501 g/mol. The van der Waals surface area contributed by atoms with Gasteiger partial charge in [-0.1, -0.05) is 18.2 Å². The van der Waals surface area contributed by atoms with E-state index >= 15 is 0 Å². The molecule has 2 aromatic heterocycles. The van der Waals surface area contributed by atoms with Gasteiger partial charge in [0.05, 0.1) is 11.7 Å². The Labute approximate surface area is 214 Å². The van der Waals surface area contributed by atoms with Crippen LogP contribution in [0.1, 0.15) is 25.3 Å². The Morgan fingerprint density at radius 3 is 2.54 bits per heavy atom. The van der Waals surface area contributed by atoms with Gasteiger partial charge in [-0.05, 0) is 69.9 Å². The highest BCUT2D eigenvalue weighted by molar-refractivity contribution is 5.84. The van der Waals surface area contributed by atoms with Crippen LogP contribution in [0.5, 0.6) is 11.5 Å². The first-order chi connectivity index (χ1) is 17.9. The molecule has 0 spiro atoms. The third-order valence-corrected chi connectivity index (χ3v) is 6.63. The predicted molar refractivity (Wildman–Crippen MR) is 142 cm³/mol. The van der Waals surface area contributed by atoms with Crippen molar-refractivity contribution < 1.29 is 9.53 Å². The van der Waals surface area contributed by atoms with Gasteiger partial charge in [0, 0.05) is 19.5 Å². The van der Waals surface area contributed by atoms with Crippen LogP contribution in [0.2, 0.25) is 0 Å². The van der Waals surface area contributed by atoms with E-state index < -0.39 is 0 Å². The molecule has 1 aliphatic rings. The first-order valence-corrected chi connectivity index (χ1v) is 12.4. The van der Waals surface area contributed by atoms with E-state index in [1.54, 1.807) is 9.13 Å². The maximum atomic E-state index is 13.8. The highest BCUT2D eigenvalue weighted by Gasteiger charge is 2.31. The fraction of sp³-hybridized carbons (Fsp3) is 0.333. The Hall–Kier alpha value is -4.18. The van der Waals surface area contributed by atoms with Crippen molar-refractivity contribution in [3.63, 3.8) is 0 Å². The standard InChI is InChI=1S/C27H31N7O3/c1-31(2)15-6-9-23(35)32-16-14-20(17-32)34-26-24(25(28)29-18-30-26)33(27(34)36)19-10-12-22(13-11-19)37-21-7-4-3-5-8-21/h3-5,7-8,10-13,18,20H,6,9,14-17H2,1-2H3,(H2,28,29,30)/t20-/m0/s1. The van der Waals surface area contributed by atoms with Crippen LogP contribution < -0.4 is 16.2 Å². The summed E-state index contributed by atoms with van der Waals surface area (Å²) in [6, 6.07) is 16.5. The van der Waals surface area contributed by atoms with Crippen molar-refractivity contribution in [2.24, 2.45) is 0 Å². The van der Waals surface area contributed by atoms with E-state index in [1.165, 1.54) is 6.33 Å². The molecule has 1 aliphatic heterocycles. The fourth-order valence-electron chi connectivity index (χ4n) is 4.81. The number of nitrogen functional groups attached to an aromatic ring is 1. The second-order valence-electron chi connectivity index (χ2n) is 9.52. The lowest BCUT2D eigenvalue weighted by Gasteiger charge is -2.17. The average molecular weight is 502 g/mol. The van der Waals surface area contributed by atoms with Gasteiger partial charge >= 0.3 is 5.69 Å². The van der Waals surface area contributed by atoms with Gasteiger partial charge in [0.25, 0.3) is 0 Å². The number of carbonyl (C=O) groups excluding carboxylic acids is 1. The van der Waals surface area contributed by atoms with E-state index in [-0.39, 0.29) is 23.5 Å². The summed E-state index contributed by atoms with van der Waals surface area (Å²) < 4.78 is 9.09. The van der Waals surface area contributed by atoms with E-state index in [0.29, 0.717) is 48.5 Å². The summed E-state index contributed by atoms with van der Waals surface area (Å²) in [5.41, 5.74) is 7.54. The zero-order valence-corrected chi connectivity index (χ0v) is 21.1. The summed E-state index contributed by atoms with van der Waals surface area (Å²) >= 11 is 0. The Balaban J connectivity index is 1.43. The highest BCUT2D eigenvalue weighted by Crippen LogP contribution is 2.29. The number of fused-ring (bicyclic) bond motifs is 1. The second-order valence-corrected chi connectivity index (χ2v) is 9.52. The molecule has 10 nitrogen and oxygen atoms in total. The zero-order valence-electron chi connectivity index (χ0n) is 21.1. The van der Waals surface area contributed by atoms with E-state index in [4.69, 9.17) is 10.5 Å². The number of amides is 1. The lowest BCUT2D eigenvalue weighted by atomic mass is 10.2. The van der Waals surface area contributed by atoms with E-state index in [9.17, 15) is 9.59 Å². The van der Waals surface area contributed by atoms with Gasteiger partial charge in [-0.15, -0.1) is 0 Å². The molecule has 1 amide bonds. The number of nitrogens with zero attached hydrogens (tertiary/aromatic N) is 6. The molecule has 0 radical (unpaired) electrons. The van der Waals surface area contributed by atoms with Gasteiger partial charge in [-0.2, -0.15) is 0 Å². The molecule has 4 aromatic rings. The molecule has 0 aliphatic carbocycles. The van der Waals surface area contributed by atoms with Crippen molar-refractivity contribution in [3.05, 3.63) is 71.4 Å². The summed E-state index contributed by atoms with van der Waals surface area (Å²) in [7, 11) is 3.99. The zero-order chi connectivity index (χ0) is 25.9. The molecule has 2 aromatic carbocycles. The molecule has 1 saturated heterocycles. The molecule has 3 heterocycles. The molecule has 37 heavy (non-hydrogen) atoms. The quantitative estimate of drug-likeness (QED) is 0.395. The Kier molecular flexibility index (Phi) is 6.91. The third kappa shape index (κ3) is 5.05. The van der Waals surface area contributed by atoms with Crippen LogP contribution in [0.15, 0.2) is 65.7 Å². The van der Waals surface area contributed by atoms with Gasteiger partial charge < -0.3 is 20.3 Å². The SMILES string of the molecule is CN(C)CCCC(=O)N1CC[C@H](n2c(=O)n(-c3ccc(Oc4ccccc4)cc3)c3c(N)ncnc32)C1. The van der Waals surface area contributed by atoms with Crippen LogP contribution in [-0.2, 0) is 4.79 Å². The smallest absolute Gasteiger partial charge is 0.335 e. The summed E-state index contributed by atoms with van der Waals surface area (Å²) in [6.07, 6.45) is 3.34. The molecular weight excluding hydrogens is 470 g/mol. The second kappa shape index (κ2) is 10.4. The van der Waals surface area contributed by atoms with Crippen LogP contribution in [0.3, 0.4) is 0 Å². The number of likely N-dealkylation sites (tertiary alicyclic amines) is 1. The Bertz CT molecular complexity index is 1440. The van der Waals surface area contributed by atoms with Crippen molar-refractivity contribution in [2.45, 2.75) is 25.3 Å². The molecular formula is C27H31N7O3. The molecule has 0 unspecified atom stereocenters. The predicted octanol–water partition coefficient (Wildman–Crippen LogP) is 3.07. The summed E-state index contributed by atoms with van der Waals surface area (Å²) in [5.74, 6) is 1.71. The van der Waals surface area contributed by atoms with Gasteiger partial charge in [0.1, 0.15) is 23.3 Å². The van der Waals surface area contributed by atoms with Crippen LogP contribution >= 0.6 is 0 Å². The van der Waals surface area contributed by atoms with E-state index in [1.807, 2.05) is 73.6 Å². The van der Waals surface area contributed by atoms with Crippen LogP contribution in [0, 0.1) is 0 Å². The van der Waals surface area contributed by atoms with Gasteiger partial charge in [-0.25, -0.2) is 14.8 Å². The lowest BCUT2D eigenvalue weighted by molar-refractivity contribution is -0.130. The number of ether oxygens (including phenoxy) is 1. The molecule has 192 valence electrons. The molecule has 1 fully saturated rings. The fourth-order valence-corrected chi connectivity index (χ4v) is 4.81. The number of hydrogen-bond acceptors (Lipinski definition) is 7. The number of hydrogen-bond donors (Lipinski definition) is 1. The van der Waals surface area contributed by atoms with Gasteiger partial charge in [0.15, 0.2) is 11.5 Å². The van der Waals surface area contributed by atoms with Gasteiger partial charge in [-0.3, -0.25) is 13.9 Å². The first-order valence-electron chi connectivity index (χ1n) is 12.4. The topological polar surface area (TPSA) is 112 Å². The summed E-state index contributed by atoms with van der Waals surface area (Å²) in [6.45, 7) is 1.94. The number of imidazole rings is 1. The van der Waals surface area contributed by atoms with Crippen molar-refractivity contribution in [1.82, 2.24) is 28.9 Å². The number of carbonyl (C=O) groups is 1. The maximum absolute atomic E-state index is 13.8. The van der Waals surface area contributed by atoms with E-state index in [2.05, 4.69) is 14.9 Å². The number of para-hydroxylation sites is 1. The number of aromatic nitrogens is 4. The van der Waals surface area contributed by atoms with Crippen LogP contribution in [0.25, 0.3) is 16.9 Å². The number of benzene rings is 2. The number of anilines is 1. The highest BCUT2D eigenvalue weighted by atomic mass is 16.5. The minimum atomic E-state index is -0.258. The molecule has 2 N–H and O–H groups in total. The normalized spacial score (nSPS) is 15.5. The lowest BCUT2D eigenvalue weighted by Crippen LogP contribution is -2.32. The summed E-state index contributed by atoms with van der Waals surface area (Å²) in [4.78, 5) is 39.0.